The van der Waals surface area contributed by atoms with Gasteiger partial charge in [-0.15, -0.1) is 10.2 Å². The van der Waals surface area contributed by atoms with E-state index in [9.17, 15) is 9.59 Å². The van der Waals surface area contributed by atoms with E-state index in [0.29, 0.717) is 11.8 Å². The van der Waals surface area contributed by atoms with Crippen molar-refractivity contribution in [3.63, 3.8) is 0 Å². The third kappa shape index (κ3) is 7.35. The van der Waals surface area contributed by atoms with E-state index >= 15 is 0 Å². The average Bonchev–Trinajstić information content (AvgIpc) is 3.17. The van der Waals surface area contributed by atoms with Crippen molar-refractivity contribution in [2.75, 3.05) is 0 Å². The summed E-state index contributed by atoms with van der Waals surface area (Å²) in [6.45, 7) is 8.29. The number of carbonyl (C=O) groups is 2. The quantitative estimate of drug-likeness (QED) is 0.511. The first-order valence-corrected chi connectivity index (χ1v) is 14.2. The van der Waals surface area contributed by atoms with Crippen LogP contribution in [0.15, 0.2) is 8.68 Å². The van der Waals surface area contributed by atoms with E-state index in [1.165, 1.54) is 73.4 Å². The lowest BCUT2D eigenvalue weighted by Crippen LogP contribution is -2.44. The van der Waals surface area contributed by atoms with Crippen LogP contribution >= 0.6 is 34.9 Å². The fourth-order valence-electron chi connectivity index (χ4n) is 4.36. The number of amides is 2. The van der Waals surface area contributed by atoms with E-state index < -0.39 is 0 Å². The van der Waals surface area contributed by atoms with Gasteiger partial charge in [0.05, 0.1) is 10.5 Å². The van der Waals surface area contributed by atoms with Crippen molar-refractivity contribution >= 4 is 46.7 Å². The van der Waals surface area contributed by atoms with Crippen molar-refractivity contribution in [3.8, 4) is 0 Å². The molecule has 3 rings (SSSR count). The molecule has 0 aromatic carbocycles. The highest BCUT2D eigenvalue weighted by Gasteiger charge is 2.27. The molecule has 1 heterocycles. The van der Waals surface area contributed by atoms with Gasteiger partial charge in [-0.3, -0.25) is 9.59 Å². The molecule has 31 heavy (non-hydrogen) atoms. The second-order valence-corrected chi connectivity index (χ2v) is 13.3. The van der Waals surface area contributed by atoms with Crippen molar-refractivity contribution < 1.29 is 9.59 Å². The zero-order chi connectivity index (χ0) is 22.4. The molecule has 6 unspecified atom stereocenters. The van der Waals surface area contributed by atoms with Gasteiger partial charge in [0.15, 0.2) is 8.68 Å². The van der Waals surface area contributed by atoms with Crippen molar-refractivity contribution in [2.45, 2.75) is 110 Å². The van der Waals surface area contributed by atoms with Crippen LogP contribution in [0.2, 0.25) is 0 Å². The summed E-state index contributed by atoms with van der Waals surface area (Å²) in [5.41, 5.74) is 0. The predicted octanol–water partition coefficient (Wildman–Crippen LogP) is 4.89. The summed E-state index contributed by atoms with van der Waals surface area (Å²) in [6.07, 6.45) is 9.44. The first kappa shape index (κ1) is 24.8. The van der Waals surface area contributed by atoms with E-state index in [-0.39, 0.29) is 34.4 Å². The van der Waals surface area contributed by atoms with Crippen LogP contribution in [0.5, 0.6) is 0 Å². The maximum atomic E-state index is 12.6. The lowest BCUT2D eigenvalue weighted by atomic mass is 9.86. The van der Waals surface area contributed by atoms with Crippen LogP contribution in [0.3, 0.4) is 0 Å². The first-order chi connectivity index (χ1) is 14.8. The van der Waals surface area contributed by atoms with E-state index in [0.717, 1.165) is 21.5 Å². The average molecular weight is 485 g/mol. The summed E-state index contributed by atoms with van der Waals surface area (Å²) in [7, 11) is 0. The molecule has 1 aromatic heterocycles. The summed E-state index contributed by atoms with van der Waals surface area (Å²) in [5.74, 6) is 1.23. The Morgan fingerprint density at radius 3 is 1.58 bits per heavy atom. The van der Waals surface area contributed by atoms with Crippen LogP contribution in [0.4, 0.5) is 0 Å². The number of carbonyl (C=O) groups excluding carboxylic acids is 2. The number of aromatic nitrogens is 2. The topological polar surface area (TPSA) is 84.0 Å². The van der Waals surface area contributed by atoms with Crippen LogP contribution in [0.25, 0.3) is 0 Å². The third-order valence-corrected chi connectivity index (χ3v) is 9.85. The number of hydrogen-bond donors (Lipinski definition) is 2. The molecule has 6 nitrogen and oxygen atoms in total. The predicted molar refractivity (Wildman–Crippen MR) is 130 cm³/mol. The number of hydrogen-bond acceptors (Lipinski definition) is 7. The lowest BCUT2D eigenvalue weighted by molar-refractivity contribution is -0.122. The Kier molecular flexibility index (Phi) is 9.52. The van der Waals surface area contributed by atoms with E-state index in [4.69, 9.17) is 0 Å². The Bertz CT molecular complexity index is 686. The van der Waals surface area contributed by atoms with E-state index in [1.54, 1.807) is 0 Å². The van der Waals surface area contributed by atoms with Gasteiger partial charge in [-0.25, -0.2) is 0 Å². The Labute approximate surface area is 198 Å². The summed E-state index contributed by atoms with van der Waals surface area (Å²) >= 11 is 4.35. The Morgan fingerprint density at radius 1 is 0.806 bits per heavy atom. The highest BCUT2D eigenvalue weighted by atomic mass is 32.2. The van der Waals surface area contributed by atoms with Gasteiger partial charge in [0.25, 0.3) is 0 Å². The molecule has 9 heteroatoms. The molecule has 2 aliphatic carbocycles. The minimum absolute atomic E-state index is 0.0718. The zero-order valence-electron chi connectivity index (χ0n) is 19.1. The van der Waals surface area contributed by atoms with Crippen molar-refractivity contribution in [1.29, 1.82) is 0 Å². The molecule has 0 spiro atoms. The Hall–Kier alpha value is -0.800. The molecule has 2 N–H and O–H groups in total. The SMILES string of the molecule is CC(Sc1nnc(SC(C)C(=O)NC2CCCCC2C)s1)C(=O)NC1CCCCC1C. The largest absolute Gasteiger partial charge is 0.352 e. The monoisotopic (exact) mass is 484 g/mol. The van der Waals surface area contributed by atoms with Gasteiger partial charge < -0.3 is 10.6 Å². The first-order valence-electron chi connectivity index (χ1n) is 11.6. The molecule has 6 atom stereocenters. The fraction of sp³-hybridized carbons (Fsp3) is 0.818. The molecule has 1 aromatic rings. The van der Waals surface area contributed by atoms with Crippen LogP contribution < -0.4 is 10.6 Å². The summed E-state index contributed by atoms with van der Waals surface area (Å²) in [5, 5.41) is 14.5. The van der Waals surface area contributed by atoms with Crippen LogP contribution in [0.1, 0.15) is 79.1 Å². The molecule has 0 radical (unpaired) electrons. The lowest BCUT2D eigenvalue weighted by Gasteiger charge is -2.30. The van der Waals surface area contributed by atoms with Crippen molar-refractivity contribution in [1.82, 2.24) is 20.8 Å². The van der Waals surface area contributed by atoms with Crippen LogP contribution in [-0.4, -0.2) is 44.6 Å². The van der Waals surface area contributed by atoms with Gasteiger partial charge in [0.1, 0.15) is 0 Å². The molecule has 2 amide bonds. The van der Waals surface area contributed by atoms with Crippen molar-refractivity contribution in [3.05, 3.63) is 0 Å². The molecule has 0 saturated heterocycles. The molecule has 2 aliphatic rings. The van der Waals surface area contributed by atoms with Gasteiger partial charge in [-0.2, -0.15) is 0 Å². The third-order valence-electron chi connectivity index (χ3n) is 6.56. The maximum Gasteiger partial charge on any atom is 0.233 e. The fourth-order valence-corrected chi connectivity index (χ4v) is 7.69. The molecule has 0 aliphatic heterocycles. The zero-order valence-corrected chi connectivity index (χ0v) is 21.5. The number of nitrogens with zero attached hydrogens (tertiary/aromatic N) is 2. The second kappa shape index (κ2) is 11.9. The van der Waals surface area contributed by atoms with E-state index in [1.807, 2.05) is 13.8 Å². The Balaban J connectivity index is 1.45. The summed E-state index contributed by atoms with van der Waals surface area (Å²) in [4.78, 5) is 25.2. The van der Waals surface area contributed by atoms with Gasteiger partial charge in [0, 0.05) is 12.1 Å². The van der Waals surface area contributed by atoms with Gasteiger partial charge in [0.2, 0.25) is 11.8 Å². The highest BCUT2D eigenvalue weighted by Crippen LogP contribution is 2.34. The van der Waals surface area contributed by atoms with Gasteiger partial charge in [-0.05, 0) is 51.4 Å². The van der Waals surface area contributed by atoms with Crippen molar-refractivity contribution in [2.24, 2.45) is 11.8 Å². The standard InChI is InChI=1S/C22H36N4O2S3/c1-13-9-5-7-11-17(13)23-19(27)15(3)29-21-25-26-22(31-21)30-16(4)20(28)24-18-12-8-6-10-14(18)2/h13-18H,5-12H2,1-4H3,(H,23,27)(H,24,28). The number of nitrogens with one attached hydrogen (secondary N) is 2. The molecule has 0 bridgehead atoms. The second-order valence-electron chi connectivity index (χ2n) is 9.11. The molecular formula is C22H36N4O2S3. The molecular weight excluding hydrogens is 448 g/mol. The number of thioether (sulfide) groups is 2. The Morgan fingerprint density at radius 2 is 1.19 bits per heavy atom. The van der Waals surface area contributed by atoms with Crippen LogP contribution in [-0.2, 0) is 9.59 Å². The van der Waals surface area contributed by atoms with Gasteiger partial charge in [-0.1, -0.05) is 74.4 Å². The summed E-state index contributed by atoms with van der Waals surface area (Å²) < 4.78 is 1.55. The highest BCUT2D eigenvalue weighted by molar-refractivity contribution is 8.04. The smallest absolute Gasteiger partial charge is 0.233 e. The summed E-state index contributed by atoms with van der Waals surface area (Å²) in [6, 6.07) is 0.576. The minimum atomic E-state index is -0.214. The molecule has 2 fully saturated rings. The van der Waals surface area contributed by atoms with Crippen LogP contribution in [0, 0.1) is 11.8 Å². The van der Waals surface area contributed by atoms with E-state index in [2.05, 4.69) is 34.7 Å². The minimum Gasteiger partial charge on any atom is -0.352 e. The molecule has 2 saturated carbocycles. The maximum absolute atomic E-state index is 12.6. The molecule has 174 valence electrons. The normalized spacial score (nSPS) is 28.5. The number of rotatable bonds is 8. The van der Waals surface area contributed by atoms with Gasteiger partial charge >= 0.3 is 0 Å².